The highest BCUT2D eigenvalue weighted by Gasteiger charge is 2.42. The summed E-state index contributed by atoms with van der Waals surface area (Å²) < 4.78 is 46.1. The summed E-state index contributed by atoms with van der Waals surface area (Å²) >= 11 is 0. The standard InChI is InChI=1S/C25H34F3N7O3/c1-24(2,3)33-22(37)31-16-9-13-34(14-10-16)18-8-7-17(15-29-18)30-21(36)19-20(25(26,27)28)32-23(38-19)35-11-5-4-6-12-35/h7-8,15-16H,4-6,9-14H2,1-3H3,(H,30,36)(H2,31,33,37). The molecule has 0 aliphatic carbocycles. The van der Waals surface area contributed by atoms with Gasteiger partial charge in [0.25, 0.3) is 11.9 Å². The number of aromatic nitrogens is 2. The van der Waals surface area contributed by atoms with Crippen molar-refractivity contribution >= 4 is 29.5 Å². The molecule has 4 heterocycles. The number of pyridine rings is 1. The minimum Gasteiger partial charge on any atom is -0.417 e. The molecule has 208 valence electrons. The molecule has 2 saturated heterocycles. The van der Waals surface area contributed by atoms with E-state index in [1.807, 2.05) is 20.8 Å². The fraction of sp³-hybridized carbons (Fsp3) is 0.600. The fourth-order valence-electron chi connectivity index (χ4n) is 4.53. The highest BCUT2D eigenvalue weighted by molar-refractivity contribution is 6.03. The molecule has 2 fully saturated rings. The molecule has 2 aliphatic heterocycles. The second-order valence-corrected chi connectivity index (χ2v) is 10.7. The van der Waals surface area contributed by atoms with Crippen LogP contribution in [0.15, 0.2) is 22.7 Å². The van der Waals surface area contributed by atoms with Gasteiger partial charge < -0.3 is 30.2 Å². The number of carbonyl (C=O) groups excluding carboxylic acids is 2. The molecule has 0 aromatic carbocycles. The Morgan fingerprint density at radius 1 is 1.00 bits per heavy atom. The van der Waals surface area contributed by atoms with Crippen molar-refractivity contribution in [3.8, 4) is 0 Å². The molecule has 0 radical (unpaired) electrons. The first-order valence-corrected chi connectivity index (χ1v) is 12.8. The van der Waals surface area contributed by atoms with E-state index in [9.17, 15) is 22.8 Å². The van der Waals surface area contributed by atoms with Gasteiger partial charge in [-0.1, -0.05) is 0 Å². The molecular weight excluding hydrogens is 503 g/mol. The van der Waals surface area contributed by atoms with Gasteiger partial charge in [-0.2, -0.15) is 18.2 Å². The minimum atomic E-state index is -4.83. The SMILES string of the molecule is CC(C)(C)NC(=O)NC1CCN(c2ccc(NC(=O)c3oc(N4CCCCC4)nc3C(F)(F)F)cn2)CC1. The topological polar surface area (TPSA) is 116 Å². The van der Waals surface area contributed by atoms with E-state index in [-0.39, 0.29) is 29.3 Å². The number of nitrogens with zero attached hydrogens (tertiary/aromatic N) is 4. The maximum Gasteiger partial charge on any atom is 0.437 e. The zero-order chi connectivity index (χ0) is 27.5. The fourth-order valence-corrected chi connectivity index (χ4v) is 4.53. The van der Waals surface area contributed by atoms with Crippen molar-refractivity contribution in [2.45, 2.75) is 70.6 Å². The Morgan fingerprint density at radius 3 is 2.26 bits per heavy atom. The van der Waals surface area contributed by atoms with Crippen LogP contribution in [0.5, 0.6) is 0 Å². The van der Waals surface area contributed by atoms with Crippen LogP contribution in [0, 0.1) is 0 Å². The van der Waals surface area contributed by atoms with Crippen molar-refractivity contribution in [3.05, 3.63) is 29.8 Å². The van der Waals surface area contributed by atoms with Crippen molar-refractivity contribution < 1.29 is 27.2 Å². The van der Waals surface area contributed by atoms with Gasteiger partial charge >= 0.3 is 12.2 Å². The molecule has 4 rings (SSSR count). The van der Waals surface area contributed by atoms with Crippen LogP contribution in [0.2, 0.25) is 0 Å². The van der Waals surface area contributed by atoms with Crippen LogP contribution in [-0.4, -0.2) is 59.7 Å². The number of rotatable bonds is 5. The van der Waals surface area contributed by atoms with Crippen LogP contribution in [0.4, 0.5) is 35.5 Å². The van der Waals surface area contributed by atoms with E-state index in [0.717, 1.165) is 32.1 Å². The number of anilines is 3. The lowest BCUT2D eigenvalue weighted by Crippen LogP contribution is -2.52. The van der Waals surface area contributed by atoms with Crippen LogP contribution < -0.4 is 25.8 Å². The maximum absolute atomic E-state index is 13.6. The molecule has 0 saturated carbocycles. The van der Waals surface area contributed by atoms with Gasteiger partial charge in [0.15, 0.2) is 5.69 Å². The number of amides is 3. The van der Waals surface area contributed by atoms with Crippen LogP contribution in [0.3, 0.4) is 0 Å². The Kier molecular flexibility index (Phi) is 8.02. The third kappa shape index (κ3) is 7.07. The Labute approximate surface area is 219 Å². The van der Waals surface area contributed by atoms with E-state index in [1.54, 1.807) is 17.0 Å². The lowest BCUT2D eigenvalue weighted by atomic mass is 10.0. The quantitative estimate of drug-likeness (QED) is 0.518. The molecule has 38 heavy (non-hydrogen) atoms. The number of alkyl halides is 3. The van der Waals surface area contributed by atoms with Crippen molar-refractivity contribution in [2.75, 3.05) is 41.3 Å². The van der Waals surface area contributed by atoms with Crippen molar-refractivity contribution in [1.82, 2.24) is 20.6 Å². The maximum atomic E-state index is 13.6. The zero-order valence-electron chi connectivity index (χ0n) is 21.8. The minimum absolute atomic E-state index is 0.0479. The van der Waals surface area contributed by atoms with Crippen LogP contribution in [0.25, 0.3) is 0 Å². The molecule has 3 amide bonds. The summed E-state index contributed by atoms with van der Waals surface area (Å²) in [6, 6.07) is 2.94. The monoisotopic (exact) mass is 537 g/mol. The largest absolute Gasteiger partial charge is 0.437 e. The second-order valence-electron chi connectivity index (χ2n) is 10.7. The number of urea groups is 1. The number of hydrogen-bond donors (Lipinski definition) is 3. The number of halogens is 3. The Bertz CT molecular complexity index is 1110. The number of hydrogen-bond acceptors (Lipinski definition) is 7. The normalized spacial score (nSPS) is 17.3. The summed E-state index contributed by atoms with van der Waals surface area (Å²) in [5.41, 5.74) is -1.42. The molecule has 0 unspecified atom stereocenters. The Balaban J connectivity index is 1.35. The Morgan fingerprint density at radius 2 is 1.68 bits per heavy atom. The van der Waals surface area contributed by atoms with E-state index in [0.29, 0.717) is 32.0 Å². The predicted octanol–water partition coefficient (Wildman–Crippen LogP) is 4.40. The molecule has 13 heteroatoms. The van der Waals surface area contributed by atoms with E-state index in [1.165, 1.54) is 6.20 Å². The smallest absolute Gasteiger partial charge is 0.417 e. The van der Waals surface area contributed by atoms with Gasteiger partial charge in [0.2, 0.25) is 5.76 Å². The van der Waals surface area contributed by atoms with Gasteiger partial charge in [0.1, 0.15) is 5.82 Å². The molecule has 3 N–H and O–H groups in total. The lowest BCUT2D eigenvalue weighted by molar-refractivity contribution is -0.141. The van der Waals surface area contributed by atoms with Crippen LogP contribution >= 0.6 is 0 Å². The van der Waals surface area contributed by atoms with Crippen molar-refractivity contribution in [2.24, 2.45) is 0 Å². The predicted molar refractivity (Wildman–Crippen MR) is 136 cm³/mol. The first-order chi connectivity index (χ1) is 17.9. The molecule has 0 spiro atoms. The van der Waals surface area contributed by atoms with Gasteiger partial charge in [0, 0.05) is 37.8 Å². The number of piperidine rings is 2. The molecule has 0 atom stereocenters. The first kappa shape index (κ1) is 27.5. The summed E-state index contributed by atoms with van der Waals surface area (Å²) in [4.78, 5) is 36.5. The van der Waals surface area contributed by atoms with E-state index < -0.39 is 23.5 Å². The number of oxazole rings is 1. The lowest BCUT2D eigenvalue weighted by Gasteiger charge is -2.33. The zero-order valence-corrected chi connectivity index (χ0v) is 21.8. The van der Waals surface area contributed by atoms with Gasteiger partial charge in [-0.15, -0.1) is 0 Å². The first-order valence-electron chi connectivity index (χ1n) is 12.8. The third-order valence-electron chi connectivity index (χ3n) is 6.37. The summed E-state index contributed by atoms with van der Waals surface area (Å²) in [5, 5.41) is 8.31. The molecule has 10 nitrogen and oxygen atoms in total. The van der Waals surface area contributed by atoms with Gasteiger partial charge in [-0.05, 0) is 65.0 Å². The molecule has 2 aromatic heterocycles. The number of nitrogens with one attached hydrogen (secondary N) is 3. The van der Waals surface area contributed by atoms with Crippen molar-refractivity contribution in [3.63, 3.8) is 0 Å². The summed E-state index contributed by atoms with van der Waals surface area (Å²) in [7, 11) is 0. The van der Waals surface area contributed by atoms with E-state index in [2.05, 4.69) is 30.8 Å². The second kappa shape index (κ2) is 11.1. The third-order valence-corrected chi connectivity index (χ3v) is 6.37. The van der Waals surface area contributed by atoms with Gasteiger partial charge in [0.05, 0.1) is 11.9 Å². The highest BCUT2D eigenvalue weighted by atomic mass is 19.4. The van der Waals surface area contributed by atoms with Crippen LogP contribution in [0.1, 0.15) is 69.1 Å². The average Bonchev–Trinajstić information content (AvgIpc) is 3.31. The molecule has 2 aromatic rings. The summed E-state index contributed by atoms with van der Waals surface area (Å²) in [6.45, 7) is 8.15. The van der Waals surface area contributed by atoms with E-state index >= 15 is 0 Å². The summed E-state index contributed by atoms with van der Waals surface area (Å²) in [5.74, 6) is -1.24. The highest BCUT2D eigenvalue weighted by Crippen LogP contribution is 2.35. The molecule has 0 bridgehead atoms. The number of carbonyl (C=O) groups is 2. The molecule has 2 aliphatic rings. The Hall–Kier alpha value is -3.51. The average molecular weight is 538 g/mol. The van der Waals surface area contributed by atoms with Gasteiger partial charge in [-0.25, -0.2) is 9.78 Å². The van der Waals surface area contributed by atoms with Crippen molar-refractivity contribution in [1.29, 1.82) is 0 Å². The van der Waals surface area contributed by atoms with E-state index in [4.69, 9.17) is 4.42 Å². The molecular formula is C25H34F3N7O3. The van der Waals surface area contributed by atoms with Gasteiger partial charge in [-0.3, -0.25) is 4.79 Å². The summed E-state index contributed by atoms with van der Waals surface area (Å²) in [6.07, 6.45) is 0.674. The van der Waals surface area contributed by atoms with Crippen LogP contribution in [-0.2, 0) is 6.18 Å².